The largest absolute Gasteiger partial charge is 0.442 e. The summed E-state index contributed by atoms with van der Waals surface area (Å²) < 4.78 is 5.48. The van der Waals surface area contributed by atoms with Crippen LogP contribution in [0.25, 0.3) is 0 Å². The highest BCUT2D eigenvalue weighted by atomic mass is 16.6. The lowest BCUT2D eigenvalue weighted by molar-refractivity contribution is -0.159. The number of piperidine rings is 1. The predicted octanol–water partition coefficient (Wildman–Crippen LogP) is 3.09. The molecule has 29 heavy (non-hydrogen) atoms. The van der Waals surface area contributed by atoms with E-state index in [4.69, 9.17) is 4.74 Å². The smallest absolute Gasteiger partial charge is 0.429 e. The molecule has 1 aliphatic rings. The standard InChI is InChI=1S/C21H33N3O5/c1-7-9-11-15(3)19(27)24(16-12-13-17(25)22-18(16)26)23(14-10-8-2)20(28)29-21(4,5)6/h9,11,16H,3,7-8,10,12-14H2,1-2,4-6H3,(H,22,25,26)/b11-9-. The van der Waals surface area contributed by atoms with Gasteiger partial charge in [0.25, 0.3) is 11.8 Å². The van der Waals surface area contributed by atoms with Crippen molar-refractivity contribution in [3.8, 4) is 0 Å². The Hall–Kier alpha value is -2.64. The van der Waals surface area contributed by atoms with Crippen molar-refractivity contribution in [2.75, 3.05) is 6.54 Å². The summed E-state index contributed by atoms with van der Waals surface area (Å²) in [5.41, 5.74) is -0.637. The van der Waals surface area contributed by atoms with Gasteiger partial charge in [0.2, 0.25) is 5.91 Å². The molecule has 0 aromatic heterocycles. The molecule has 4 amide bonds. The number of amides is 4. The minimum absolute atomic E-state index is 0.0768. The van der Waals surface area contributed by atoms with E-state index in [9.17, 15) is 19.2 Å². The fraction of sp³-hybridized carbons (Fsp3) is 0.619. The number of hydrogen-bond acceptors (Lipinski definition) is 5. The quantitative estimate of drug-likeness (QED) is 0.303. The van der Waals surface area contributed by atoms with Crippen molar-refractivity contribution in [3.63, 3.8) is 0 Å². The molecule has 0 spiro atoms. The predicted molar refractivity (Wildman–Crippen MR) is 109 cm³/mol. The van der Waals surface area contributed by atoms with Gasteiger partial charge in [-0.3, -0.25) is 19.7 Å². The number of carbonyl (C=O) groups excluding carboxylic acids is 4. The average molecular weight is 408 g/mol. The molecule has 1 fully saturated rings. The normalized spacial score (nSPS) is 17.1. The number of allylic oxidation sites excluding steroid dienone is 1. The lowest BCUT2D eigenvalue weighted by atomic mass is 10.0. The Morgan fingerprint density at radius 2 is 1.93 bits per heavy atom. The minimum Gasteiger partial charge on any atom is -0.442 e. The molecule has 1 rings (SSSR count). The molecule has 1 saturated heterocycles. The number of nitrogens with one attached hydrogen (secondary N) is 1. The van der Waals surface area contributed by atoms with E-state index in [1.807, 2.05) is 13.8 Å². The van der Waals surface area contributed by atoms with Crippen molar-refractivity contribution in [2.45, 2.75) is 78.4 Å². The summed E-state index contributed by atoms with van der Waals surface area (Å²) in [6.45, 7) is 13.0. The Balaban J connectivity index is 3.34. The van der Waals surface area contributed by atoms with E-state index >= 15 is 0 Å². The first-order chi connectivity index (χ1) is 13.5. The van der Waals surface area contributed by atoms with Gasteiger partial charge in [-0.2, -0.15) is 0 Å². The van der Waals surface area contributed by atoms with Gasteiger partial charge in [0, 0.05) is 18.5 Å². The van der Waals surface area contributed by atoms with Crippen molar-refractivity contribution in [2.24, 2.45) is 0 Å². The Kier molecular flexibility index (Phi) is 9.07. The van der Waals surface area contributed by atoms with Crippen LogP contribution in [0, 0.1) is 0 Å². The number of hydrazine groups is 1. The van der Waals surface area contributed by atoms with Crippen molar-refractivity contribution < 1.29 is 23.9 Å². The molecule has 0 aliphatic carbocycles. The molecular weight excluding hydrogens is 374 g/mol. The van der Waals surface area contributed by atoms with E-state index < -0.39 is 35.5 Å². The second-order valence-corrected chi connectivity index (χ2v) is 7.91. The van der Waals surface area contributed by atoms with E-state index in [0.29, 0.717) is 12.8 Å². The van der Waals surface area contributed by atoms with Crippen LogP contribution < -0.4 is 5.32 Å². The van der Waals surface area contributed by atoms with Gasteiger partial charge in [0.1, 0.15) is 11.6 Å². The van der Waals surface area contributed by atoms with E-state index in [0.717, 1.165) is 11.4 Å². The molecule has 8 nitrogen and oxygen atoms in total. The first kappa shape index (κ1) is 24.4. The number of carbonyl (C=O) groups is 4. The monoisotopic (exact) mass is 407 g/mol. The van der Waals surface area contributed by atoms with Crippen molar-refractivity contribution in [1.82, 2.24) is 15.3 Å². The van der Waals surface area contributed by atoms with E-state index in [1.54, 1.807) is 32.9 Å². The van der Waals surface area contributed by atoms with Crippen LogP contribution in [0.4, 0.5) is 4.79 Å². The maximum atomic E-state index is 13.2. The zero-order valence-electron chi connectivity index (χ0n) is 18.1. The summed E-state index contributed by atoms with van der Waals surface area (Å²) in [6, 6.07) is -1.00. The highest BCUT2D eigenvalue weighted by molar-refractivity contribution is 6.04. The zero-order valence-corrected chi connectivity index (χ0v) is 18.1. The molecule has 0 aromatic carbocycles. The van der Waals surface area contributed by atoms with Crippen LogP contribution in [0.5, 0.6) is 0 Å². The Bertz CT molecular complexity index is 678. The lowest BCUT2D eigenvalue weighted by Crippen LogP contribution is -2.62. The molecular formula is C21H33N3O5. The first-order valence-corrected chi connectivity index (χ1v) is 10.0. The van der Waals surface area contributed by atoms with E-state index in [1.165, 1.54) is 5.01 Å². The molecule has 0 aromatic rings. The van der Waals surface area contributed by atoms with Gasteiger partial charge in [0.05, 0.1) is 0 Å². The Morgan fingerprint density at radius 1 is 1.28 bits per heavy atom. The summed E-state index contributed by atoms with van der Waals surface area (Å²) in [7, 11) is 0. The SMILES string of the molecule is C=C(/C=C\CC)C(=O)N(C1CCC(=O)NC1=O)N(CCCC)C(=O)OC(C)(C)C. The fourth-order valence-electron chi connectivity index (χ4n) is 2.72. The molecule has 0 bridgehead atoms. The topological polar surface area (TPSA) is 96.0 Å². The maximum Gasteiger partial charge on any atom is 0.429 e. The maximum absolute atomic E-state index is 13.2. The Morgan fingerprint density at radius 3 is 2.45 bits per heavy atom. The average Bonchev–Trinajstić information content (AvgIpc) is 2.62. The molecule has 1 heterocycles. The Labute approximate surface area is 172 Å². The fourth-order valence-corrected chi connectivity index (χ4v) is 2.72. The van der Waals surface area contributed by atoms with Crippen LogP contribution in [-0.2, 0) is 19.1 Å². The van der Waals surface area contributed by atoms with Crippen molar-refractivity contribution in [3.05, 3.63) is 24.3 Å². The summed E-state index contributed by atoms with van der Waals surface area (Å²) in [6.07, 6.45) is 4.88. The number of ether oxygens (including phenoxy) is 1. The van der Waals surface area contributed by atoms with Gasteiger partial charge in [0.15, 0.2) is 0 Å². The highest BCUT2D eigenvalue weighted by Gasteiger charge is 2.41. The molecule has 0 radical (unpaired) electrons. The van der Waals surface area contributed by atoms with E-state index in [2.05, 4.69) is 11.9 Å². The summed E-state index contributed by atoms with van der Waals surface area (Å²) in [5.74, 6) is -1.60. The summed E-state index contributed by atoms with van der Waals surface area (Å²) >= 11 is 0. The number of unbranched alkanes of at least 4 members (excludes halogenated alkanes) is 1. The van der Waals surface area contributed by atoms with Gasteiger partial charge in [-0.05, 0) is 40.0 Å². The molecule has 1 N–H and O–H groups in total. The van der Waals surface area contributed by atoms with Crippen molar-refractivity contribution >= 4 is 23.8 Å². The van der Waals surface area contributed by atoms with Crippen LogP contribution in [0.15, 0.2) is 24.3 Å². The van der Waals surface area contributed by atoms with Crippen LogP contribution in [0.2, 0.25) is 0 Å². The van der Waals surface area contributed by atoms with Crippen LogP contribution in [0.1, 0.15) is 66.7 Å². The van der Waals surface area contributed by atoms with Gasteiger partial charge >= 0.3 is 6.09 Å². The zero-order chi connectivity index (χ0) is 22.2. The van der Waals surface area contributed by atoms with Gasteiger partial charge in [-0.25, -0.2) is 14.8 Å². The molecule has 0 saturated carbocycles. The molecule has 1 aliphatic heterocycles. The molecule has 1 atom stereocenters. The number of hydrogen-bond donors (Lipinski definition) is 1. The van der Waals surface area contributed by atoms with Gasteiger partial charge < -0.3 is 4.74 Å². The molecule has 8 heteroatoms. The van der Waals surface area contributed by atoms with Crippen LogP contribution in [-0.4, -0.2) is 52.0 Å². The van der Waals surface area contributed by atoms with Gasteiger partial charge in [-0.1, -0.05) is 39.0 Å². The number of rotatable bonds is 7. The first-order valence-electron chi connectivity index (χ1n) is 10.0. The third kappa shape index (κ3) is 7.36. The number of nitrogens with zero attached hydrogens (tertiary/aromatic N) is 2. The second kappa shape index (κ2) is 10.8. The minimum atomic E-state index is -1.00. The number of imide groups is 1. The highest BCUT2D eigenvalue weighted by Crippen LogP contribution is 2.21. The van der Waals surface area contributed by atoms with Crippen LogP contribution >= 0.6 is 0 Å². The molecule has 162 valence electrons. The van der Waals surface area contributed by atoms with Gasteiger partial charge in [-0.15, -0.1) is 0 Å². The van der Waals surface area contributed by atoms with Crippen molar-refractivity contribution in [1.29, 1.82) is 0 Å². The van der Waals surface area contributed by atoms with Crippen LogP contribution in [0.3, 0.4) is 0 Å². The second-order valence-electron chi connectivity index (χ2n) is 7.91. The lowest BCUT2D eigenvalue weighted by Gasteiger charge is -2.41. The summed E-state index contributed by atoms with van der Waals surface area (Å²) in [4.78, 5) is 50.2. The third-order valence-electron chi connectivity index (χ3n) is 4.13. The van der Waals surface area contributed by atoms with E-state index in [-0.39, 0.29) is 25.0 Å². The summed E-state index contributed by atoms with van der Waals surface area (Å²) in [5, 5.41) is 4.52. The third-order valence-corrected chi connectivity index (χ3v) is 4.13. The molecule has 1 unspecified atom stereocenters.